The van der Waals surface area contributed by atoms with E-state index in [-0.39, 0.29) is 17.3 Å². The molecule has 0 aliphatic heterocycles. The third kappa shape index (κ3) is 3.06. The lowest BCUT2D eigenvalue weighted by atomic mass is 10.1. The Morgan fingerprint density at radius 3 is 2.35 bits per heavy atom. The van der Waals surface area contributed by atoms with Crippen molar-refractivity contribution in [1.82, 2.24) is 4.98 Å². The van der Waals surface area contributed by atoms with Crippen LogP contribution in [0.25, 0.3) is 11.3 Å². The predicted octanol–water partition coefficient (Wildman–Crippen LogP) is 4.53. The number of halogens is 5. The molecule has 0 bridgehead atoms. The zero-order chi connectivity index (χ0) is 14.9. The zero-order valence-electron chi connectivity index (χ0n) is 10.0. The number of aromatic nitrogens is 1. The molecule has 7 heteroatoms. The molecule has 0 atom stereocenters. The Kier molecular flexibility index (Phi) is 4.22. The highest BCUT2D eigenvalue weighted by Gasteiger charge is 2.31. The van der Waals surface area contributed by atoms with Crippen molar-refractivity contribution >= 4 is 23.2 Å². The predicted molar refractivity (Wildman–Crippen MR) is 72.6 cm³/mol. The third-order valence-electron chi connectivity index (χ3n) is 2.71. The smallest absolute Gasteiger partial charge is 0.326 e. The van der Waals surface area contributed by atoms with Crippen molar-refractivity contribution < 1.29 is 13.2 Å². The molecule has 0 fully saturated rings. The maximum absolute atomic E-state index is 12.5. The Bertz CT molecular complexity index is 642. The molecule has 2 rings (SSSR count). The fourth-order valence-electron chi connectivity index (χ4n) is 1.68. The quantitative estimate of drug-likeness (QED) is 0.882. The number of alkyl halides is 3. The normalized spacial score (nSPS) is 11.7. The van der Waals surface area contributed by atoms with Crippen LogP contribution in [0.3, 0.4) is 0 Å². The SMILES string of the molecule is NCc1cc(-c2ncc(C(F)(F)F)cc2Cl)ccc1Cl. The molecule has 0 saturated heterocycles. The Morgan fingerprint density at radius 1 is 1.10 bits per heavy atom. The van der Waals surface area contributed by atoms with Crippen LogP contribution in [0.4, 0.5) is 13.2 Å². The van der Waals surface area contributed by atoms with Crippen LogP contribution < -0.4 is 5.73 Å². The maximum atomic E-state index is 12.5. The van der Waals surface area contributed by atoms with E-state index in [0.29, 0.717) is 16.1 Å². The molecule has 0 aliphatic rings. The first-order chi connectivity index (χ1) is 9.32. The van der Waals surface area contributed by atoms with Crippen molar-refractivity contribution in [2.45, 2.75) is 12.7 Å². The molecule has 0 unspecified atom stereocenters. The summed E-state index contributed by atoms with van der Waals surface area (Å²) >= 11 is 11.8. The van der Waals surface area contributed by atoms with E-state index in [0.717, 1.165) is 12.3 Å². The molecular formula is C13H9Cl2F3N2. The summed E-state index contributed by atoms with van der Waals surface area (Å²) in [5, 5.41) is 0.407. The molecule has 106 valence electrons. The monoisotopic (exact) mass is 320 g/mol. The molecule has 0 radical (unpaired) electrons. The lowest BCUT2D eigenvalue weighted by Crippen LogP contribution is -2.06. The molecule has 1 aromatic carbocycles. The highest BCUT2D eigenvalue weighted by molar-refractivity contribution is 6.33. The highest BCUT2D eigenvalue weighted by Crippen LogP contribution is 2.34. The van der Waals surface area contributed by atoms with Gasteiger partial charge in [0.2, 0.25) is 0 Å². The Balaban J connectivity index is 2.49. The van der Waals surface area contributed by atoms with Crippen molar-refractivity contribution in [3.05, 3.63) is 51.6 Å². The molecule has 0 spiro atoms. The molecule has 0 saturated carbocycles. The summed E-state index contributed by atoms with van der Waals surface area (Å²) in [5.41, 5.74) is 6.13. The van der Waals surface area contributed by atoms with E-state index in [9.17, 15) is 13.2 Å². The molecule has 20 heavy (non-hydrogen) atoms. The van der Waals surface area contributed by atoms with Crippen LogP contribution in [-0.2, 0) is 12.7 Å². The van der Waals surface area contributed by atoms with Gasteiger partial charge in [-0.1, -0.05) is 29.3 Å². The van der Waals surface area contributed by atoms with Crippen LogP contribution in [0, 0.1) is 0 Å². The van der Waals surface area contributed by atoms with Gasteiger partial charge in [0.05, 0.1) is 16.3 Å². The van der Waals surface area contributed by atoms with Gasteiger partial charge < -0.3 is 5.73 Å². The molecule has 0 amide bonds. The van der Waals surface area contributed by atoms with Gasteiger partial charge in [0, 0.05) is 23.3 Å². The van der Waals surface area contributed by atoms with Crippen LogP contribution in [0.2, 0.25) is 10.0 Å². The molecule has 1 aromatic heterocycles. The average molecular weight is 321 g/mol. The van der Waals surface area contributed by atoms with Gasteiger partial charge in [-0.15, -0.1) is 0 Å². The van der Waals surface area contributed by atoms with Gasteiger partial charge in [-0.3, -0.25) is 4.98 Å². The summed E-state index contributed by atoms with van der Waals surface area (Å²) in [6, 6.07) is 5.74. The van der Waals surface area contributed by atoms with Crippen LogP contribution in [0.1, 0.15) is 11.1 Å². The molecule has 1 heterocycles. The third-order valence-corrected chi connectivity index (χ3v) is 3.36. The molecule has 2 N–H and O–H groups in total. The number of nitrogens with zero attached hydrogens (tertiary/aromatic N) is 1. The minimum absolute atomic E-state index is 0.0786. The fourth-order valence-corrected chi connectivity index (χ4v) is 2.15. The standard InChI is InChI=1S/C13H9Cl2F3N2/c14-10-2-1-7(3-8(10)5-19)12-11(15)4-9(6-20-12)13(16,17)18/h1-4,6H,5,19H2. The fraction of sp³-hybridized carbons (Fsp3) is 0.154. The van der Waals surface area contributed by atoms with Crippen LogP contribution in [0.5, 0.6) is 0 Å². The lowest BCUT2D eigenvalue weighted by Gasteiger charge is -2.10. The molecule has 2 nitrogen and oxygen atoms in total. The first-order valence-electron chi connectivity index (χ1n) is 5.54. The molecular weight excluding hydrogens is 312 g/mol. The van der Waals surface area contributed by atoms with Crippen LogP contribution in [0.15, 0.2) is 30.5 Å². The van der Waals surface area contributed by atoms with E-state index in [1.54, 1.807) is 18.2 Å². The number of hydrogen-bond acceptors (Lipinski definition) is 2. The number of pyridine rings is 1. The van der Waals surface area contributed by atoms with Gasteiger partial charge in [-0.05, 0) is 23.8 Å². The summed E-state index contributed by atoms with van der Waals surface area (Å²) in [6.07, 6.45) is -3.73. The van der Waals surface area contributed by atoms with Gasteiger partial charge in [0.25, 0.3) is 0 Å². The second-order valence-corrected chi connectivity index (χ2v) is 4.88. The van der Waals surface area contributed by atoms with Gasteiger partial charge in [-0.25, -0.2) is 0 Å². The summed E-state index contributed by atoms with van der Waals surface area (Å²) in [4.78, 5) is 3.78. The summed E-state index contributed by atoms with van der Waals surface area (Å²) < 4.78 is 37.6. The van der Waals surface area contributed by atoms with E-state index in [2.05, 4.69) is 4.98 Å². The molecule has 0 aliphatic carbocycles. The van der Waals surface area contributed by atoms with Crippen molar-refractivity contribution in [3.63, 3.8) is 0 Å². The second kappa shape index (κ2) is 5.60. The zero-order valence-corrected chi connectivity index (χ0v) is 11.5. The van der Waals surface area contributed by atoms with Gasteiger partial charge in [-0.2, -0.15) is 13.2 Å². The van der Waals surface area contributed by atoms with Crippen molar-refractivity contribution in [2.75, 3.05) is 0 Å². The van der Waals surface area contributed by atoms with Crippen LogP contribution in [-0.4, -0.2) is 4.98 Å². The Morgan fingerprint density at radius 2 is 1.80 bits per heavy atom. The van der Waals surface area contributed by atoms with E-state index in [1.807, 2.05) is 0 Å². The maximum Gasteiger partial charge on any atom is 0.417 e. The van der Waals surface area contributed by atoms with E-state index in [4.69, 9.17) is 28.9 Å². The average Bonchev–Trinajstić information content (AvgIpc) is 2.38. The second-order valence-electron chi connectivity index (χ2n) is 4.06. The lowest BCUT2D eigenvalue weighted by molar-refractivity contribution is -0.137. The topological polar surface area (TPSA) is 38.9 Å². The summed E-state index contributed by atoms with van der Waals surface area (Å²) in [5.74, 6) is 0. The number of benzene rings is 1. The largest absolute Gasteiger partial charge is 0.417 e. The van der Waals surface area contributed by atoms with E-state index in [1.165, 1.54) is 0 Å². The van der Waals surface area contributed by atoms with Gasteiger partial charge in [0.15, 0.2) is 0 Å². The van der Waals surface area contributed by atoms with E-state index >= 15 is 0 Å². The van der Waals surface area contributed by atoms with Gasteiger partial charge in [0.1, 0.15) is 0 Å². The summed E-state index contributed by atoms with van der Waals surface area (Å²) in [7, 11) is 0. The first kappa shape index (κ1) is 15.1. The van der Waals surface area contributed by atoms with Gasteiger partial charge >= 0.3 is 6.18 Å². The Labute approximate surface area is 123 Å². The Hall–Kier alpha value is -1.30. The van der Waals surface area contributed by atoms with E-state index < -0.39 is 11.7 Å². The minimum atomic E-state index is -4.47. The summed E-state index contributed by atoms with van der Waals surface area (Å²) in [6.45, 7) is 0.213. The first-order valence-corrected chi connectivity index (χ1v) is 6.30. The van der Waals surface area contributed by atoms with Crippen molar-refractivity contribution in [3.8, 4) is 11.3 Å². The number of nitrogens with two attached hydrogens (primary N) is 1. The van der Waals surface area contributed by atoms with Crippen molar-refractivity contribution in [1.29, 1.82) is 0 Å². The van der Waals surface area contributed by atoms with Crippen molar-refractivity contribution in [2.24, 2.45) is 5.73 Å². The number of rotatable bonds is 2. The minimum Gasteiger partial charge on any atom is -0.326 e. The van der Waals surface area contributed by atoms with Crippen LogP contribution >= 0.6 is 23.2 Å². The highest BCUT2D eigenvalue weighted by atomic mass is 35.5. The molecule has 2 aromatic rings. The number of hydrogen-bond donors (Lipinski definition) is 1.